The number of rotatable bonds is 2. The molecule has 1 aliphatic heterocycles. The van der Waals surface area contributed by atoms with E-state index in [0.29, 0.717) is 25.0 Å². The fraction of sp³-hybridized carbons (Fsp3) is 0.562. The molecule has 4 rings (SSSR count). The van der Waals surface area contributed by atoms with Crippen LogP contribution in [0.2, 0.25) is 0 Å². The molecular formula is C16H21N3O2. The summed E-state index contributed by atoms with van der Waals surface area (Å²) in [6, 6.07) is 3.98. The van der Waals surface area contributed by atoms with Crippen molar-refractivity contribution < 1.29 is 9.47 Å². The topological polar surface area (TPSA) is 73.2 Å². The van der Waals surface area contributed by atoms with Crippen LogP contribution < -0.4 is 15.2 Å². The number of benzene rings is 1. The molecular weight excluding hydrogens is 266 g/mol. The summed E-state index contributed by atoms with van der Waals surface area (Å²) in [6.07, 6.45) is 4.94. The second-order valence-electron chi connectivity index (χ2n) is 6.02. The number of nitrogens with two attached hydrogens (primary N) is 1. The van der Waals surface area contributed by atoms with Gasteiger partial charge in [0.05, 0.1) is 11.0 Å². The number of aromatic amines is 1. The maximum absolute atomic E-state index is 5.94. The smallest absolute Gasteiger partial charge is 0.163 e. The second kappa shape index (κ2) is 5.22. The third-order valence-electron chi connectivity index (χ3n) is 4.73. The van der Waals surface area contributed by atoms with E-state index in [1.54, 1.807) is 0 Å². The van der Waals surface area contributed by atoms with Crippen LogP contribution in [0.15, 0.2) is 12.1 Å². The molecule has 0 radical (unpaired) electrons. The number of ether oxygens (including phenoxy) is 2. The maximum atomic E-state index is 5.94. The molecule has 0 bridgehead atoms. The molecule has 1 fully saturated rings. The first kappa shape index (κ1) is 13.0. The Hall–Kier alpha value is -1.75. The van der Waals surface area contributed by atoms with Crippen molar-refractivity contribution in [3.05, 3.63) is 18.0 Å². The van der Waals surface area contributed by atoms with Crippen LogP contribution in [0, 0.1) is 5.92 Å². The Balaban J connectivity index is 1.72. The van der Waals surface area contributed by atoms with E-state index >= 15 is 0 Å². The number of nitrogens with zero attached hydrogens (tertiary/aromatic N) is 1. The maximum Gasteiger partial charge on any atom is 0.163 e. The number of imidazole rings is 1. The molecule has 5 heteroatoms. The zero-order valence-electron chi connectivity index (χ0n) is 12.1. The number of hydrogen-bond donors (Lipinski definition) is 2. The van der Waals surface area contributed by atoms with Gasteiger partial charge in [-0.1, -0.05) is 12.8 Å². The Kier molecular flexibility index (Phi) is 3.22. The van der Waals surface area contributed by atoms with Crippen LogP contribution in [-0.4, -0.2) is 29.7 Å². The summed E-state index contributed by atoms with van der Waals surface area (Å²) < 4.78 is 11.3. The van der Waals surface area contributed by atoms with E-state index < -0.39 is 0 Å². The van der Waals surface area contributed by atoms with Gasteiger partial charge in [0.15, 0.2) is 11.5 Å². The third kappa shape index (κ3) is 2.25. The van der Waals surface area contributed by atoms with E-state index in [-0.39, 0.29) is 0 Å². The van der Waals surface area contributed by atoms with Crippen LogP contribution in [0.4, 0.5) is 0 Å². The molecule has 0 spiro atoms. The normalized spacial score (nSPS) is 25.2. The van der Waals surface area contributed by atoms with Gasteiger partial charge in [-0.05, 0) is 25.3 Å². The molecule has 0 amide bonds. The number of fused-ring (bicyclic) bond motifs is 2. The average molecular weight is 287 g/mol. The van der Waals surface area contributed by atoms with Gasteiger partial charge in [-0.3, -0.25) is 0 Å². The summed E-state index contributed by atoms with van der Waals surface area (Å²) >= 11 is 0. The first-order chi connectivity index (χ1) is 10.3. The molecule has 1 aromatic carbocycles. The van der Waals surface area contributed by atoms with Crippen molar-refractivity contribution in [2.75, 3.05) is 19.8 Å². The molecule has 2 aromatic rings. The quantitative estimate of drug-likeness (QED) is 0.890. The fourth-order valence-electron chi connectivity index (χ4n) is 3.59. The van der Waals surface area contributed by atoms with Crippen LogP contribution in [0.5, 0.6) is 11.5 Å². The first-order valence-electron chi connectivity index (χ1n) is 7.84. The molecule has 1 saturated carbocycles. The SMILES string of the molecule is NCC1CCCCC1c1nc2cc3c(cc2[nH]1)OCCO3. The molecule has 2 unspecified atom stereocenters. The summed E-state index contributed by atoms with van der Waals surface area (Å²) in [6.45, 7) is 1.95. The predicted octanol–water partition coefficient (Wildman–Crippen LogP) is 2.57. The van der Waals surface area contributed by atoms with Gasteiger partial charge < -0.3 is 20.2 Å². The van der Waals surface area contributed by atoms with Gasteiger partial charge in [-0.2, -0.15) is 0 Å². The van der Waals surface area contributed by atoms with Gasteiger partial charge in [0.1, 0.15) is 19.0 Å². The number of H-pyrrole nitrogens is 1. The van der Waals surface area contributed by atoms with Crippen molar-refractivity contribution in [1.29, 1.82) is 0 Å². The van der Waals surface area contributed by atoms with Crippen LogP contribution >= 0.6 is 0 Å². The minimum Gasteiger partial charge on any atom is -0.486 e. The Bertz CT molecular complexity index is 609. The van der Waals surface area contributed by atoms with Crippen molar-refractivity contribution in [3.63, 3.8) is 0 Å². The minimum absolute atomic E-state index is 0.454. The second-order valence-corrected chi connectivity index (χ2v) is 6.02. The Morgan fingerprint density at radius 1 is 1.14 bits per heavy atom. The molecule has 3 N–H and O–H groups in total. The van der Waals surface area contributed by atoms with Crippen LogP contribution in [-0.2, 0) is 0 Å². The van der Waals surface area contributed by atoms with Gasteiger partial charge in [0, 0.05) is 18.1 Å². The van der Waals surface area contributed by atoms with Crippen molar-refractivity contribution in [3.8, 4) is 11.5 Å². The molecule has 0 saturated heterocycles. The van der Waals surface area contributed by atoms with E-state index in [1.807, 2.05) is 12.1 Å². The number of hydrogen-bond acceptors (Lipinski definition) is 4. The standard InChI is InChI=1S/C16H21N3O2/c17-9-10-3-1-2-4-11(10)16-18-12-7-14-15(8-13(12)19-16)21-6-5-20-14/h7-8,10-11H,1-6,9,17H2,(H,18,19). The Morgan fingerprint density at radius 2 is 1.90 bits per heavy atom. The molecule has 112 valence electrons. The van der Waals surface area contributed by atoms with E-state index in [0.717, 1.165) is 34.9 Å². The third-order valence-corrected chi connectivity index (χ3v) is 4.73. The first-order valence-corrected chi connectivity index (χ1v) is 7.84. The lowest BCUT2D eigenvalue weighted by molar-refractivity contribution is 0.172. The molecule has 21 heavy (non-hydrogen) atoms. The van der Waals surface area contributed by atoms with Gasteiger partial charge in [-0.15, -0.1) is 0 Å². The summed E-state index contributed by atoms with van der Waals surface area (Å²) in [5.41, 5.74) is 7.92. The number of aromatic nitrogens is 2. The van der Waals surface area contributed by atoms with Crippen LogP contribution in [0.3, 0.4) is 0 Å². The summed E-state index contributed by atoms with van der Waals surface area (Å²) in [4.78, 5) is 8.27. The van der Waals surface area contributed by atoms with Crippen LogP contribution in [0.25, 0.3) is 11.0 Å². The monoisotopic (exact) mass is 287 g/mol. The zero-order chi connectivity index (χ0) is 14.2. The lowest BCUT2D eigenvalue weighted by atomic mass is 9.79. The van der Waals surface area contributed by atoms with Crippen molar-refractivity contribution in [2.24, 2.45) is 11.7 Å². The average Bonchev–Trinajstić information content (AvgIpc) is 2.95. The Morgan fingerprint density at radius 3 is 2.71 bits per heavy atom. The summed E-state index contributed by atoms with van der Waals surface area (Å²) in [7, 11) is 0. The fourth-order valence-corrected chi connectivity index (χ4v) is 3.59. The lowest BCUT2D eigenvalue weighted by Crippen LogP contribution is -2.25. The molecule has 1 aliphatic carbocycles. The molecule has 5 nitrogen and oxygen atoms in total. The van der Waals surface area contributed by atoms with E-state index in [4.69, 9.17) is 20.2 Å². The highest BCUT2D eigenvalue weighted by molar-refractivity contribution is 5.80. The van der Waals surface area contributed by atoms with E-state index in [9.17, 15) is 0 Å². The van der Waals surface area contributed by atoms with Crippen molar-refractivity contribution in [1.82, 2.24) is 9.97 Å². The number of nitrogens with one attached hydrogen (secondary N) is 1. The van der Waals surface area contributed by atoms with Gasteiger partial charge >= 0.3 is 0 Å². The van der Waals surface area contributed by atoms with Gasteiger partial charge in [0.25, 0.3) is 0 Å². The molecule has 2 heterocycles. The summed E-state index contributed by atoms with van der Waals surface area (Å²) in [5.74, 6) is 3.67. The van der Waals surface area contributed by atoms with Crippen molar-refractivity contribution in [2.45, 2.75) is 31.6 Å². The highest BCUT2D eigenvalue weighted by atomic mass is 16.6. The predicted molar refractivity (Wildman–Crippen MR) is 80.8 cm³/mol. The van der Waals surface area contributed by atoms with Gasteiger partial charge in [-0.25, -0.2) is 4.98 Å². The summed E-state index contributed by atoms with van der Waals surface area (Å²) in [5, 5.41) is 0. The largest absolute Gasteiger partial charge is 0.486 e. The molecule has 2 aliphatic rings. The Labute approximate surface area is 123 Å². The minimum atomic E-state index is 0.454. The van der Waals surface area contributed by atoms with E-state index in [2.05, 4.69) is 4.98 Å². The highest BCUT2D eigenvalue weighted by Gasteiger charge is 2.28. The van der Waals surface area contributed by atoms with E-state index in [1.165, 1.54) is 25.7 Å². The molecule has 2 atom stereocenters. The molecule has 1 aromatic heterocycles. The van der Waals surface area contributed by atoms with Crippen LogP contribution in [0.1, 0.15) is 37.4 Å². The highest BCUT2D eigenvalue weighted by Crippen LogP contribution is 2.38. The zero-order valence-corrected chi connectivity index (χ0v) is 12.1. The lowest BCUT2D eigenvalue weighted by Gasteiger charge is -2.28. The van der Waals surface area contributed by atoms with Gasteiger partial charge in [0.2, 0.25) is 0 Å². The van der Waals surface area contributed by atoms with Crippen molar-refractivity contribution >= 4 is 11.0 Å².